The number of hydrogen-bond donors (Lipinski definition) is 8. The average molecular weight is 853 g/mol. The summed E-state index contributed by atoms with van der Waals surface area (Å²) in [4.78, 5) is 47.6. The molecule has 0 radical (unpaired) electrons. The Morgan fingerprint density at radius 2 is 1.00 bits per heavy atom. The van der Waals surface area contributed by atoms with Gasteiger partial charge in [0.25, 0.3) is 0 Å². The van der Waals surface area contributed by atoms with Crippen LogP contribution in [0.3, 0.4) is 0 Å². The Morgan fingerprint density at radius 3 is 1.44 bits per heavy atom. The Bertz CT molecular complexity index is 1120. The summed E-state index contributed by atoms with van der Waals surface area (Å²) in [5.74, 6) is 0. The molecule has 3 rings (SSSR count). The number of phosphoric ester groups is 2. The molecule has 0 aromatic rings. The number of aliphatic hydroxyl groups is 8. The standard InChI is InChI=1S/C23H46O22P2Si.4Na/c1-48(2,3)5-4-38-23-20(43-22-17(31)15(29)13(27)10(7-25)41-22)19(45-47(35,36)37)18(44-46(32,33)34)11(42-23)8-39-21-16(30)14(28)12(26)9(6-24)40-21;;;;/h9-31H,4-8H2,1-3H3,(H2,32,33,34)(H2,35,36,37);;;;/q;4*+1/p-4/t9-,10-,11-,12+,13+,14+,15+,16-,17-,18+,19+,20-,21-,22+,23-;;;;/m1..../s1. The molecule has 52 heavy (non-hydrogen) atoms. The summed E-state index contributed by atoms with van der Waals surface area (Å²) in [5, 5.41) is 80.4. The Balaban J connectivity index is 0. The molecule has 3 heterocycles. The fourth-order valence-electron chi connectivity index (χ4n) is 5.05. The zero-order valence-corrected chi connectivity index (χ0v) is 40.7. The fraction of sp³-hybridized carbons (Fsp3) is 1.00. The Kier molecular flexibility index (Phi) is 27.8. The van der Waals surface area contributed by atoms with Crippen molar-refractivity contribution in [3.63, 3.8) is 0 Å². The third-order valence-electron chi connectivity index (χ3n) is 7.64. The van der Waals surface area contributed by atoms with Gasteiger partial charge in [0.05, 0.1) is 35.5 Å². The van der Waals surface area contributed by atoms with Crippen LogP contribution in [-0.4, -0.2) is 167 Å². The van der Waals surface area contributed by atoms with Gasteiger partial charge in [-0.3, -0.25) is 0 Å². The molecule has 29 heteroatoms. The molecule has 0 bridgehead atoms. The zero-order chi connectivity index (χ0) is 36.4. The van der Waals surface area contributed by atoms with E-state index >= 15 is 0 Å². The molecular formula is C23H42Na4O22P2Si. The average Bonchev–Trinajstić information content (AvgIpc) is 2.96. The van der Waals surface area contributed by atoms with Crippen molar-refractivity contribution in [2.24, 2.45) is 0 Å². The van der Waals surface area contributed by atoms with E-state index in [2.05, 4.69) is 9.05 Å². The molecule has 0 aliphatic carbocycles. The smallest absolute Gasteiger partial charge is 0.790 e. The van der Waals surface area contributed by atoms with Crippen LogP contribution in [-0.2, 0) is 46.6 Å². The number of aliphatic hydroxyl groups excluding tert-OH is 8. The first-order chi connectivity index (χ1) is 22.1. The van der Waals surface area contributed by atoms with Gasteiger partial charge < -0.3 is 107 Å². The largest absolute Gasteiger partial charge is 1.00 e. The second-order valence-electron chi connectivity index (χ2n) is 12.6. The molecule has 15 atom stereocenters. The molecule has 0 unspecified atom stereocenters. The van der Waals surface area contributed by atoms with E-state index in [0.29, 0.717) is 6.04 Å². The summed E-state index contributed by atoms with van der Waals surface area (Å²) in [5.41, 5.74) is 0. The van der Waals surface area contributed by atoms with Crippen LogP contribution in [0.2, 0.25) is 25.7 Å². The van der Waals surface area contributed by atoms with E-state index in [-0.39, 0.29) is 125 Å². The maximum Gasteiger partial charge on any atom is 1.00 e. The zero-order valence-electron chi connectivity index (χ0n) is 29.9. The normalized spacial score (nSPS) is 38.6. The van der Waals surface area contributed by atoms with Crippen molar-refractivity contribution >= 4 is 23.7 Å². The third-order valence-corrected chi connectivity index (χ3v) is 10.3. The van der Waals surface area contributed by atoms with Crippen LogP contribution in [0.15, 0.2) is 0 Å². The molecule has 3 fully saturated rings. The minimum Gasteiger partial charge on any atom is -0.790 e. The predicted molar refractivity (Wildman–Crippen MR) is 146 cm³/mol. The van der Waals surface area contributed by atoms with Crippen LogP contribution >= 0.6 is 15.6 Å². The van der Waals surface area contributed by atoms with Crippen LogP contribution in [0.25, 0.3) is 0 Å². The van der Waals surface area contributed by atoms with E-state index in [1.54, 1.807) is 0 Å². The van der Waals surface area contributed by atoms with Gasteiger partial charge in [0.2, 0.25) is 0 Å². The second kappa shape index (κ2) is 25.0. The number of rotatable bonds is 15. The number of ether oxygens (including phenoxy) is 6. The van der Waals surface area contributed by atoms with Gasteiger partial charge >= 0.3 is 118 Å². The summed E-state index contributed by atoms with van der Waals surface area (Å²) in [6.45, 7) is 2.97. The van der Waals surface area contributed by atoms with E-state index in [0.717, 1.165) is 0 Å². The van der Waals surface area contributed by atoms with Gasteiger partial charge in [-0.1, -0.05) is 19.6 Å². The number of hydrogen-bond acceptors (Lipinski definition) is 22. The first-order valence-corrected chi connectivity index (χ1v) is 21.3. The molecular weight excluding hydrogens is 810 g/mol. The summed E-state index contributed by atoms with van der Waals surface area (Å²) in [7, 11) is -14.1. The monoisotopic (exact) mass is 852 g/mol. The van der Waals surface area contributed by atoms with Crippen LogP contribution < -0.4 is 138 Å². The van der Waals surface area contributed by atoms with Crippen molar-refractivity contribution in [2.75, 3.05) is 26.4 Å². The van der Waals surface area contributed by atoms with Gasteiger partial charge in [0.1, 0.15) is 73.2 Å². The van der Waals surface area contributed by atoms with E-state index < -0.39 is 136 Å². The minimum atomic E-state index is -6.16. The van der Waals surface area contributed by atoms with E-state index in [4.69, 9.17) is 28.4 Å². The molecule has 0 saturated carbocycles. The molecule has 3 saturated heterocycles. The second-order valence-corrected chi connectivity index (χ2v) is 20.4. The van der Waals surface area contributed by atoms with Crippen molar-refractivity contribution in [1.29, 1.82) is 0 Å². The van der Waals surface area contributed by atoms with Gasteiger partial charge in [0.15, 0.2) is 18.9 Å². The number of phosphoric acid groups is 2. The summed E-state index contributed by atoms with van der Waals surface area (Å²) in [6, 6.07) is 0.426. The van der Waals surface area contributed by atoms with Crippen LogP contribution in [0.5, 0.6) is 0 Å². The van der Waals surface area contributed by atoms with Crippen LogP contribution in [0, 0.1) is 0 Å². The first kappa shape index (κ1) is 58.0. The minimum absolute atomic E-state index is 0. The van der Waals surface area contributed by atoms with Gasteiger partial charge in [-0.15, -0.1) is 0 Å². The summed E-state index contributed by atoms with van der Waals surface area (Å²) >= 11 is 0. The fourth-order valence-corrected chi connectivity index (χ4v) is 6.87. The van der Waals surface area contributed by atoms with Crippen molar-refractivity contribution in [1.82, 2.24) is 0 Å². The first-order valence-electron chi connectivity index (χ1n) is 14.6. The molecule has 0 aromatic carbocycles. The molecule has 8 N–H and O–H groups in total. The summed E-state index contributed by atoms with van der Waals surface area (Å²) < 4.78 is 66.0. The molecule has 22 nitrogen and oxygen atoms in total. The van der Waals surface area contributed by atoms with Gasteiger partial charge in [-0.2, -0.15) is 0 Å². The molecule has 3 aliphatic heterocycles. The van der Waals surface area contributed by atoms with Crippen molar-refractivity contribution < 1.29 is 225 Å². The van der Waals surface area contributed by atoms with E-state index in [9.17, 15) is 69.6 Å². The maximum atomic E-state index is 11.9. The third kappa shape index (κ3) is 17.1. The van der Waals surface area contributed by atoms with Gasteiger partial charge in [-0.25, -0.2) is 0 Å². The molecule has 284 valence electrons. The topological polar surface area (TPSA) is 362 Å². The van der Waals surface area contributed by atoms with Crippen molar-refractivity contribution in [3.8, 4) is 0 Å². The van der Waals surface area contributed by atoms with Crippen LogP contribution in [0.4, 0.5) is 0 Å². The van der Waals surface area contributed by atoms with Crippen LogP contribution in [0.1, 0.15) is 0 Å². The summed E-state index contributed by atoms with van der Waals surface area (Å²) in [6.07, 6.45) is -29.5. The predicted octanol–water partition coefficient (Wildman–Crippen LogP) is -19.5. The molecule has 0 aromatic heterocycles. The quantitative estimate of drug-likeness (QED) is 0.0560. The maximum absolute atomic E-state index is 11.9. The molecule has 0 amide bonds. The Labute approximate surface area is 388 Å². The Hall–Kier alpha value is 3.88. The Morgan fingerprint density at radius 1 is 0.577 bits per heavy atom. The van der Waals surface area contributed by atoms with E-state index in [1.807, 2.05) is 19.6 Å². The molecule has 3 aliphatic rings. The molecule has 0 spiro atoms. The van der Waals surface area contributed by atoms with Gasteiger partial charge in [-0.05, 0) is 6.04 Å². The van der Waals surface area contributed by atoms with Crippen molar-refractivity contribution in [3.05, 3.63) is 0 Å². The van der Waals surface area contributed by atoms with Crippen molar-refractivity contribution in [2.45, 2.75) is 118 Å². The van der Waals surface area contributed by atoms with Gasteiger partial charge in [0, 0.05) is 14.7 Å². The van der Waals surface area contributed by atoms with E-state index in [1.165, 1.54) is 0 Å². The SMILES string of the molecule is C[Si](C)(C)CCO[C@@H]1O[C@H](CO[C@@H]2O[C@H](CO)[C@H](O)[C@H](O)[C@H]2O)[C@H](OP(=O)([O-])[O-])[C@H](OP(=O)([O-])[O-])[C@H]1O[C@@H]1O[C@H](CO)[C@H](O)[C@H](O)[C@H]1O.[Na+].[Na+].[Na+].[Na+].